The summed E-state index contributed by atoms with van der Waals surface area (Å²) in [5.41, 5.74) is 6.71. The van der Waals surface area contributed by atoms with Crippen molar-refractivity contribution in [3.05, 3.63) is 34.9 Å². The molecule has 0 radical (unpaired) electrons. The molecule has 1 amide bonds. The number of piperidine rings is 1. The highest BCUT2D eigenvalue weighted by Gasteiger charge is 2.42. The van der Waals surface area contributed by atoms with Gasteiger partial charge in [-0.05, 0) is 43.4 Å². The summed E-state index contributed by atoms with van der Waals surface area (Å²) < 4.78 is 0. The maximum Gasteiger partial charge on any atom is 0.220 e. The van der Waals surface area contributed by atoms with Crippen molar-refractivity contribution in [1.29, 1.82) is 0 Å². The monoisotopic (exact) mass is 278 g/mol. The highest BCUT2D eigenvalue weighted by molar-refractivity contribution is 6.30. The standard InChI is InChI=1S/C15H19ClN2O/c16-12-3-1-2-10(6-12)9-18-13-4-5-14(18)8-11(7-13)15(17)19/h1-3,6,11,13-14H,4-5,7-9H2,(H2,17,19). The van der Waals surface area contributed by atoms with E-state index in [4.69, 9.17) is 17.3 Å². The Labute approximate surface area is 118 Å². The number of nitrogens with zero attached hydrogens (tertiary/aromatic N) is 1. The Hall–Kier alpha value is -1.06. The summed E-state index contributed by atoms with van der Waals surface area (Å²) in [4.78, 5) is 13.9. The lowest BCUT2D eigenvalue weighted by Crippen LogP contribution is -2.45. The van der Waals surface area contributed by atoms with E-state index in [2.05, 4.69) is 11.0 Å². The Morgan fingerprint density at radius 1 is 1.32 bits per heavy atom. The van der Waals surface area contributed by atoms with Crippen LogP contribution in [0.1, 0.15) is 31.2 Å². The topological polar surface area (TPSA) is 46.3 Å². The van der Waals surface area contributed by atoms with Crippen molar-refractivity contribution in [3.63, 3.8) is 0 Å². The highest BCUT2D eigenvalue weighted by atomic mass is 35.5. The Kier molecular flexibility index (Phi) is 3.50. The van der Waals surface area contributed by atoms with E-state index >= 15 is 0 Å². The second kappa shape index (κ2) is 5.14. The van der Waals surface area contributed by atoms with E-state index < -0.39 is 0 Å². The average Bonchev–Trinajstić information content (AvgIpc) is 2.61. The van der Waals surface area contributed by atoms with Crippen LogP contribution in [0.15, 0.2) is 24.3 Å². The minimum atomic E-state index is -0.126. The molecule has 0 aliphatic carbocycles. The van der Waals surface area contributed by atoms with E-state index in [0.29, 0.717) is 12.1 Å². The van der Waals surface area contributed by atoms with Gasteiger partial charge < -0.3 is 5.73 Å². The first-order valence-corrected chi connectivity index (χ1v) is 7.31. The molecule has 2 fully saturated rings. The minimum Gasteiger partial charge on any atom is -0.369 e. The smallest absolute Gasteiger partial charge is 0.220 e. The summed E-state index contributed by atoms with van der Waals surface area (Å²) in [6.45, 7) is 0.932. The number of hydrogen-bond donors (Lipinski definition) is 1. The van der Waals surface area contributed by atoms with Crippen molar-refractivity contribution >= 4 is 17.5 Å². The highest BCUT2D eigenvalue weighted by Crippen LogP contribution is 2.39. The zero-order chi connectivity index (χ0) is 13.4. The molecule has 2 bridgehead atoms. The number of nitrogens with two attached hydrogens (primary N) is 1. The van der Waals surface area contributed by atoms with Gasteiger partial charge >= 0.3 is 0 Å². The lowest BCUT2D eigenvalue weighted by molar-refractivity contribution is -0.124. The Bertz CT molecular complexity index is 477. The fraction of sp³-hybridized carbons (Fsp3) is 0.533. The normalized spacial score (nSPS) is 30.5. The van der Waals surface area contributed by atoms with Gasteiger partial charge in [0.2, 0.25) is 5.91 Å². The number of halogens is 1. The number of carbonyl (C=O) groups excluding carboxylic acids is 1. The maximum absolute atomic E-state index is 11.4. The molecule has 1 aromatic carbocycles. The third-order valence-electron chi connectivity index (χ3n) is 4.54. The molecule has 3 nitrogen and oxygen atoms in total. The fourth-order valence-electron chi connectivity index (χ4n) is 3.61. The number of rotatable bonds is 3. The second-order valence-corrected chi connectivity index (χ2v) is 6.19. The second-order valence-electron chi connectivity index (χ2n) is 5.76. The Morgan fingerprint density at radius 3 is 2.58 bits per heavy atom. The van der Waals surface area contributed by atoms with Crippen LogP contribution in [-0.4, -0.2) is 22.9 Å². The molecule has 2 atom stereocenters. The van der Waals surface area contributed by atoms with E-state index in [1.165, 1.54) is 18.4 Å². The van der Waals surface area contributed by atoms with Crippen LogP contribution in [0.3, 0.4) is 0 Å². The molecule has 0 spiro atoms. The lowest BCUT2D eigenvalue weighted by Gasteiger charge is -2.38. The van der Waals surface area contributed by atoms with Gasteiger partial charge in [0.15, 0.2) is 0 Å². The number of benzene rings is 1. The van der Waals surface area contributed by atoms with Crippen LogP contribution in [0, 0.1) is 5.92 Å². The van der Waals surface area contributed by atoms with Crippen LogP contribution in [0.4, 0.5) is 0 Å². The number of amides is 1. The van der Waals surface area contributed by atoms with E-state index in [-0.39, 0.29) is 11.8 Å². The minimum absolute atomic E-state index is 0.0770. The third-order valence-corrected chi connectivity index (χ3v) is 4.78. The van der Waals surface area contributed by atoms with Gasteiger partial charge in [0.1, 0.15) is 0 Å². The molecule has 2 N–H and O–H groups in total. The third kappa shape index (κ3) is 2.63. The van der Waals surface area contributed by atoms with E-state index in [0.717, 1.165) is 24.4 Å². The summed E-state index contributed by atoms with van der Waals surface area (Å²) in [6, 6.07) is 9.06. The van der Waals surface area contributed by atoms with Crippen LogP contribution < -0.4 is 5.73 Å². The van der Waals surface area contributed by atoms with E-state index in [1.54, 1.807) is 0 Å². The molecule has 0 aromatic heterocycles. The molecule has 4 heteroatoms. The predicted molar refractivity (Wildman–Crippen MR) is 75.7 cm³/mol. The average molecular weight is 279 g/mol. The van der Waals surface area contributed by atoms with E-state index in [9.17, 15) is 4.79 Å². The summed E-state index contributed by atoms with van der Waals surface area (Å²) in [6.07, 6.45) is 4.23. The molecule has 2 heterocycles. The summed E-state index contributed by atoms with van der Waals surface area (Å²) >= 11 is 6.04. The largest absolute Gasteiger partial charge is 0.369 e. The Balaban J connectivity index is 1.72. The van der Waals surface area contributed by atoms with E-state index in [1.807, 2.05) is 18.2 Å². The molecule has 102 valence electrons. The van der Waals surface area contributed by atoms with Crippen molar-refractivity contribution in [2.75, 3.05) is 0 Å². The maximum atomic E-state index is 11.4. The molecule has 19 heavy (non-hydrogen) atoms. The Morgan fingerprint density at radius 2 is 2.00 bits per heavy atom. The molecule has 3 rings (SSSR count). The first-order valence-electron chi connectivity index (χ1n) is 6.93. The molecule has 1 aromatic rings. The van der Waals surface area contributed by atoms with Crippen LogP contribution >= 0.6 is 11.6 Å². The first-order chi connectivity index (χ1) is 9.13. The fourth-order valence-corrected chi connectivity index (χ4v) is 3.82. The molecule has 2 unspecified atom stereocenters. The van der Waals surface area contributed by atoms with Gasteiger partial charge in [0.25, 0.3) is 0 Å². The number of carbonyl (C=O) groups is 1. The number of primary amides is 1. The van der Waals surface area contributed by atoms with Crippen LogP contribution in [0.25, 0.3) is 0 Å². The van der Waals surface area contributed by atoms with Crippen molar-refractivity contribution in [1.82, 2.24) is 4.90 Å². The van der Waals surface area contributed by atoms with Crippen molar-refractivity contribution in [3.8, 4) is 0 Å². The summed E-state index contributed by atoms with van der Waals surface area (Å²) in [5.74, 6) is -0.0487. The van der Waals surface area contributed by atoms with Gasteiger partial charge in [-0.25, -0.2) is 0 Å². The number of hydrogen-bond acceptors (Lipinski definition) is 2. The zero-order valence-electron chi connectivity index (χ0n) is 10.9. The van der Waals surface area contributed by atoms with Crippen LogP contribution in [0.5, 0.6) is 0 Å². The molecular weight excluding hydrogens is 260 g/mol. The summed E-state index contributed by atoms with van der Waals surface area (Å²) in [5, 5.41) is 0.789. The first kappa shape index (κ1) is 12.9. The molecule has 2 aliphatic heterocycles. The molecule has 0 saturated carbocycles. The summed E-state index contributed by atoms with van der Waals surface area (Å²) in [7, 11) is 0. The predicted octanol–water partition coefficient (Wildman–Crippen LogP) is 2.57. The SMILES string of the molecule is NC(=O)C1CC2CCC(C1)N2Cc1cccc(Cl)c1. The number of fused-ring (bicyclic) bond motifs is 2. The van der Waals surface area contributed by atoms with Gasteiger partial charge in [-0.1, -0.05) is 23.7 Å². The van der Waals surface area contributed by atoms with Crippen molar-refractivity contribution in [2.45, 2.75) is 44.3 Å². The lowest BCUT2D eigenvalue weighted by atomic mass is 9.90. The van der Waals surface area contributed by atoms with Crippen LogP contribution in [-0.2, 0) is 11.3 Å². The van der Waals surface area contributed by atoms with Gasteiger partial charge in [-0.15, -0.1) is 0 Å². The molecule has 2 aliphatic rings. The van der Waals surface area contributed by atoms with Crippen molar-refractivity contribution < 1.29 is 4.79 Å². The van der Waals surface area contributed by atoms with Gasteiger partial charge in [-0.2, -0.15) is 0 Å². The van der Waals surface area contributed by atoms with Crippen molar-refractivity contribution in [2.24, 2.45) is 11.7 Å². The van der Waals surface area contributed by atoms with Gasteiger partial charge in [0.05, 0.1) is 0 Å². The zero-order valence-corrected chi connectivity index (χ0v) is 11.6. The molecular formula is C15H19ClN2O. The quantitative estimate of drug-likeness (QED) is 0.924. The van der Waals surface area contributed by atoms with Gasteiger partial charge in [0, 0.05) is 29.6 Å². The van der Waals surface area contributed by atoms with Gasteiger partial charge in [-0.3, -0.25) is 9.69 Å². The molecule has 2 saturated heterocycles. The van der Waals surface area contributed by atoms with Crippen LogP contribution in [0.2, 0.25) is 5.02 Å².